The Morgan fingerprint density at radius 3 is 3.00 bits per heavy atom. The highest BCUT2D eigenvalue weighted by Crippen LogP contribution is 2.42. The van der Waals surface area contributed by atoms with Gasteiger partial charge in [0.05, 0.1) is 0 Å². The van der Waals surface area contributed by atoms with E-state index in [9.17, 15) is 4.79 Å². The van der Waals surface area contributed by atoms with Gasteiger partial charge >= 0.3 is 0 Å². The second-order valence-electron chi connectivity index (χ2n) is 5.81. The number of ketones is 1. The van der Waals surface area contributed by atoms with Gasteiger partial charge in [-0.25, -0.2) is 4.68 Å². The minimum absolute atomic E-state index is 0.166. The predicted molar refractivity (Wildman–Crippen MR) is 95.5 cm³/mol. The van der Waals surface area contributed by atoms with Gasteiger partial charge in [-0.15, -0.1) is 5.10 Å². The predicted octanol–water partition coefficient (Wildman–Crippen LogP) is 4.07. The molecule has 0 saturated heterocycles. The molecule has 1 aromatic carbocycles. The molecule has 1 N–H and O–H groups in total. The first-order valence-electron chi connectivity index (χ1n) is 8.06. The Kier molecular flexibility index (Phi) is 4.10. The average Bonchev–Trinajstić information content (AvgIpc) is 2.96. The Morgan fingerprint density at radius 2 is 2.21 bits per heavy atom. The van der Waals surface area contributed by atoms with Gasteiger partial charge < -0.3 is 5.32 Å². The minimum Gasteiger partial charge on any atom is -0.328 e. The third-order valence-corrected chi connectivity index (χ3v) is 5.39. The molecule has 0 spiro atoms. The van der Waals surface area contributed by atoms with E-state index in [0.29, 0.717) is 22.5 Å². The summed E-state index contributed by atoms with van der Waals surface area (Å²) in [5, 5.41) is 9.30. The molecule has 7 heteroatoms. The van der Waals surface area contributed by atoms with Gasteiger partial charge in [0.25, 0.3) is 0 Å². The third kappa shape index (κ3) is 2.54. The van der Waals surface area contributed by atoms with Crippen LogP contribution in [-0.2, 0) is 4.79 Å². The van der Waals surface area contributed by atoms with Crippen LogP contribution in [0.1, 0.15) is 37.8 Å². The number of anilines is 1. The lowest BCUT2D eigenvalue weighted by Crippen LogP contribution is -2.31. The topological polar surface area (TPSA) is 59.8 Å². The molecule has 1 aromatic heterocycles. The smallest absolute Gasteiger partial charge is 0.227 e. The van der Waals surface area contributed by atoms with Crippen molar-refractivity contribution < 1.29 is 4.79 Å². The Balaban J connectivity index is 1.91. The van der Waals surface area contributed by atoms with Gasteiger partial charge in [-0.05, 0) is 24.7 Å². The summed E-state index contributed by atoms with van der Waals surface area (Å²) < 4.78 is 1.81. The summed E-state index contributed by atoms with van der Waals surface area (Å²) in [5.41, 5.74) is 2.63. The third-order valence-electron chi connectivity index (χ3n) is 4.32. The SMILES string of the molecule is CCSc1nc2n(n1)[C@@H](c1ccccc1Cl)C1=C(CCCC1=O)N2. The fourth-order valence-electron chi connectivity index (χ4n) is 3.31. The van der Waals surface area contributed by atoms with E-state index in [2.05, 4.69) is 22.3 Å². The number of fused-ring (bicyclic) bond motifs is 1. The summed E-state index contributed by atoms with van der Waals surface area (Å²) in [6, 6.07) is 7.34. The highest BCUT2D eigenvalue weighted by atomic mass is 35.5. The summed E-state index contributed by atoms with van der Waals surface area (Å²) >= 11 is 8.03. The van der Waals surface area contributed by atoms with E-state index in [1.807, 2.05) is 24.3 Å². The molecule has 2 heterocycles. The minimum atomic E-state index is -0.309. The van der Waals surface area contributed by atoms with Gasteiger partial charge in [0, 0.05) is 28.3 Å². The second-order valence-corrected chi connectivity index (χ2v) is 7.45. The Hall–Kier alpha value is -1.79. The van der Waals surface area contributed by atoms with Crippen molar-refractivity contribution in [2.75, 3.05) is 11.1 Å². The number of Topliss-reactive ketones (excluding diaryl/α,β-unsaturated/α-hetero) is 1. The highest BCUT2D eigenvalue weighted by molar-refractivity contribution is 7.99. The van der Waals surface area contributed by atoms with Gasteiger partial charge in [-0.2, -0.15) is 4.98 Å². The summed E-state index contributed by atoms with van der Waals surface area (Å²) in [5.74, 6) is 1.75. The van der Waals surface area contributed by atoms with Crippen LogP contribution in [0.3, 0.4) is 0 Å². The maximum Gasteiger partial charge on any atom is 0.227 e. The van der Waals surface area contributed by atoms with Crippen molar-refractivity contribution in [1.29, 1.82) is 0 Å². The fourth-order valence-corrected chi connectivity index (χ4v) is 4.11. The van der Waals surface area contributed by atoms with Crippen LogP contribution in [0.4, 0.5) is 5.95 Å². The number of rotatable bonds is 3. The zero-order valence-electron chi connectivity index (χ0n) is 13.3. The van der Waals surface area contributed by atoms with E-state index in [1.165, 1.54) is 0 Å². The van der Waals surface area contributed by atoms with Crippen LogP contribution in [0.15, 0.2) is 40.7 Å². The second kappa shape index (κ2) is 6.26. The number of carbonyl (C=O) groups is 1. The monoisotopic (exact) mass is 360 g/mol. The number of allylic oxidation sites excluding steroid dienone is 2. The number of nitrogens with zero attached hydrogens (tertiary/aromatic N) is 3. The van der Waals surface area contributed by atoms with Crippen molar-refractivity contribution >= 4 is 35.1 Å². The van der Waals surface area contributed by atoms with E-state index in [4.69, 9.17) is 11.6 Å². The van der Waals surface area contributed by atoms with Gasteiger partial charge in [0.15, 0.2) is 5.78 Å². The molecule has 24 heavy (non-hydrogen) atoms. The van der Waals surface area contributed by atoms with Gasteiger partial charge in [-0.1, -0.05) is 48.5 Å². The highest BCUT2D eigenvalue weighted by Gasteiger charge is 2.37. The lowest BCUT2D eigenvalue weighted by Gasteiger charge is -2.32. The summed E-state index contributed by atoms with van der Waals surface area (Å²) in [6.07, 6.45) is 2.29. The molecule has 0 bridgehead atoms. The quantitative estimate of drug-likeness (QED) is 0.836. The van der Waals surface area contributed by atoms with Crippen LogP contribution in [0, 0.1) is 0 Å². The molecule has 2 aliphatic rings. The van der Waals surface area contributed by atoms with E-state index in [0.717, 1.165) is 35.4 Å². The molecule has 1 atom stereocenters. The molecular formula is C17H17ClN4OS. The van der Waals surface area contributed by atoms with Crippen LogP contribution < -0.4 is 5.32 Å². The lowest BCUT2D eigenvalue weighted by molar-refractivity contribution is -0.116. The largest absolute Gasteiger partial charge is 0.328 e. The van der Waals surface area contributed by atoms with Crippen molar-refractivity contribution in [3.63, 3.8) is 0 Å². The van der Waals surface area contributed by atoms with Gasteiger partial charge in [-0.3, -0.25) is 4.79 Å². The molecular weight excluding hydrogens is 344 g/mol. The molecule has 0 saturated carbocycles. The molecule has 0 radical (unpaired) electrons. The van der Waals surface area contributed by atoms with Crippen LogP contribution in [0.25, 0.3) is 0 Å². The number of thioether (sulfide) groups is 1. The van der Waals surface area contributed by atoms with Crippen LogP contribution in [0.5, 0.6) is 0 Å². The van der Waals surface area contributed by atoms with E-state index in [1.54, 1.807) is 16.4 Å². The first-order valence-corrected chi connectivity index (χ1v) is 9.42. The lowest BCUT2D eigenvalue weighted by atomic mass is 9.85. The standard InChI is InChI=1S/C17H17ClN4OS/c1-2-24-17-20-16-19-12-8-5-9-13(23)14(12)15(22(16)21-17)10-6-3-4-7-11(10)18/h3-4,6-7,15H,2,5,8-9H2,1H3,(H,19,20,21)/t15-/m0/s1. The molecule has 5 nitrogen and oxygen atoms in total. The first kappa shape index (κ1) is 15.7. The molecule has 4 rings (SSSR count). The number of hydrogen-bond donors (Lipinski definition) is 1. The molecule has 0 amide bonds. The Morgan fingerprint density at radius 1 is 1.38 bits per heavy atom. The number of hydrogen-bond acceptors (Lipinski definition) is 5. The summed E-state index contributed by atoms with van der Waals surface area (Å²) in [7, 11) is 0. The van der Waals surface area contributed by atoms with Crippen molar-refractivity contribution in [1.82, 2.24) is 14.8 Å². The van der Waals surface area contributed by atoms with Crippen molar-refractivity contribution in [2.24, 2.45) is 0 Å². The van der Waals surface area contributed by atoms with Gasteiger partial charge in [0.1, 0.15) is 6.04 Å². The van der Waals surface area contributed by atoms with Crippen LogP contribution in [-0.4, -0.2) is 26.3 Å². The number of aromatic nitrogens is 3. The molecule has 0 fully saturated rings. The Bertz CT molecular complexity index is 845. The summed E-state index contributed by atoms with van der Waals surface area (Å²) in [4.78, 5) is 17.2. The molecule has 1 aliphatic heterocycles. The molecule has 2 aromatic rings. The van der Waals surface area contributed by atoms with E-state index < -0.39 is 0 Å². The van der Waals surface area contributed by atoms with Crippen molar-refractivity contribution in [2.45, 2.75) is 37.4 Å². The van der Waals surface area contributed by atoms with Crippen molar-refractivity contribution in [3.8, 4) is 0 Å². The van der Waals surface area contributed by atoms with E-state index >= 15 is 0 Å². The molecule has 1 aliphatic carbocycles. The zero-order chi connectivity index (χ0) is 16.7. The van der Waals surface area contributed by atoms with Crippen LogP contribution in [0.2, 0.25) is 5.02 Å². The zero-order valence-corrected chi connectivity index (χ0v) is 14.8. The number of benzene rings is 1. The first-order chi connectivity index (χ1) is 11.7. The number of carbonyl (C=O) groups excluding carboxylic acids is 1. The molecule has 0 unspecified atom stereocenters. The number of halogens is 1. The fraction of sp³-hybridized carbons (Fsp3) is 0.353. The maximum atomic E-state index is 12.7. The van der Waals surface area contributed by atoms with Crippen molar-refractivity contribution in [3.05, 3.63) is 46.1 Å². The van der Waals surface area contributed by atoms with Crippen LogP contribution >= 0.6 is 23.4 Å². The normalized spacial score (nSPS) is 19.8. The number of nitrogens with one attached hydrogen (secondary N) is 1. The maximum absolute atomic E-state index is 12.7. The Labute approximate surface area is 149 Å². The summed E-state index contributed by atoms with van der Waals surface area (Å²) in [6.45, 7) is 2.07. The van der Waals surface area contributed by atoms with E-state index in [-0.39, 0.29) is 11.8 Å². The molecule has 124 valence electrons. The van der Waals surface area contributed by atoms with Gasteiger partial charge in [0.2, 0.25) is 11.1 Å². The average molecular weight is 361 g/mol.